The monoisotopic (exact) mass is 426 g/mol. The smallest absolute Gasteiger partial charge is 0.161 e. The van der Waals surface area contributed by atoms with Crippen LogP contribution in [0.3, 0.4) is 0 Å². The number of aromatic nitrogens is 5. The number of H-pyrrole nitrogens is 1. The molecule has 0 amide bonds. The molecule has 2 aromatic carbocycles. The van der Waals surface area contributed by atoms with Crippen LogP contribution in [0.25, 0.3) is 44.5 Å². The summed E-state index contributed by atoms with van der Waals surface area (Å²) in [4.78, 5) is 13.7. The van der Waals surface area contributed by atoms with Gasteiger partial charge in [0.15, 0.2) is 5.65 Å². The number of hydrogen-bond acceptors (Lipinski definition) is 5. The molecule has 7 heteroatoms. The lowest BCUT2D eigenvalue weighted by Crippen LogP contribution is -2.27. The molecule has 6 rings (SSSR count). The molecule has 1 aliphatic rings. The van der Waals surface area contributed by atoms with Crippen LogP contribution in [0.5, 0.6) is 0 Å². The first kappa shape index (κ1) is 18.3. The molecule has 0 radical (unpaired) electrons. The summed E-state index contributed by atoms with van der Waals surface area (Å²) in [5.74, 6) is 0.792. The molecule has 2 N–H and O–H groups in total. The maximum atomic E-state index is 6.71. The summed E-state index contributed by atoms with van der Waals surface area (Å²) >= 11 is 6.71. The topological polar surface area (TPSA) is 79.4 Å². The van der Waals surface area contributed by atoms with Crippen molar-refractivity contribution in [2.75, 3.05) is 5.32 Å². The fourth-order valence-corrected chi connectivity index (χ4v) is 4.27. The Morgan fingerprint density at radius 2 is 1.87 bits per heavy atom. The molecule has 0 atom stereocenters. The van der Waals surface area contributed by atoms with E-state index in [1.54, 1.807) is 6.33 Å². The van der Waals surface area contributed by atoms with E-state index in [1.807, 2.05) is 36.4 Å². The van der Waals surface area contributed by atoms with Gasteiger partial charge in [-0.2, -0.15) is 5.10 Å². The predicted molar refractivity (Wildman–Crippen MR) is 124 cm³/mol. The van der Waals surface area contributed by atoms with Crippen LogP contribution in [0.15, 0.2) is 60.9 Å². The highest BCUT2D eigenvalue weighted by Crippen LogP contribution is 2.37. The summed E-state index contributed by atoms with van der Waals surface area (Å²) in [6.07, 6.45) is 5.11. The van der Waals surface area contributed by atoms with Crippen molar-refractivity contribution in [2.24, 2.45) is 0 Å². The molecule has 1 aliphatic carbocycles. The number of halogens is 1. The van der Waals surface area contributed by atoms with Gasteiger partial charge in [0.25, 0.3) is 0 Å². The maximum Gasteiger partial charge on any atom is 0.161 e. The Bertz CT molecular complexity index is 1410. The average Bonchev–Trinajstić information content (AvgIpc) is 3.21. The van der Waals surface area contributed by atoms with Gasteiger partial charge < -0.3 is 5.32 Å². The van der Waals surface area contributed by atoms with Crippen molar-refractivity contribution in [1.82, 2.24) is 25.1 Å². The van der Waals surface area contributed by atoms with Crippen molar-refractivity contribution < 1.29 is 0 Å². The van der Waals surface area contributed by atoms with Gasteiger partial charge in [-0.15, -0.1) is 0 Å². The van der Waals surface area contributed by atoms with Crippen molar-refractivity contribution in [3.05, 3.63) is 65.9 Å². The summed E-state index contributed by atoms with van der Waals surface area (Å²) in [6, 6.07) is 18.6. The molecule has 5 aromatic rings. The number of fused-ring (bicyclic) bond motifs is 2. The molecule has 0 bridgehead atoms. The molecular formula is C24H19ClN6. The van der Waals surface area contributed by atoms with Gasteiger partial charge in [0.1, 0.15) is 17.8 Å². The van der Waals surface area contributed by atoms with E-state index in [9.17, 15) is 0 Å². The van der Waals surface area contributed by atoms with Crippen molar-refractivity contribution in [3.63, 3.8) is 0 Å². The number of pyridine rings is 1. The van der Waals surface area contributed by atoms with Gasteiger partial charge in [-0.05, 0) is 37.5 Å². The van der Waals surface area contributed by atoms with Gasteiger partial charge in [-0.1, -0.05) is 48.0 Å². The normalized spacial score (nSPS) is 14.1. The minimum absolute atomic E-state index is 0.447. The van der Waals surface area contributed by atoms with Gasteiger partial charge >= 0.3 is 0 Å². The Balaban J connectivity index is 1.50. The Morgan fingerprint density at radius 1 is 1.00 bits per heavy atom. The van der Waals surface area contributed by atoms with Crippen LogP contribution >= 0.6 is 11.6 Å². The first-order valence-electron chi connectivity index (χ1n) is 10.4. The standard InChI is InChI=1S/C24H19ClN6/c25-18-11-15-9-10-19(14-5-2-1-3-6-14)29-20(15)12-17(18)22-21-23(28-16-7-4-8-16)26-13-27-24(21)31-30-22/h1-3,5-6,9-13,16H,4,7-8H2,(H2,26,27,28,30,31). The first-order chi connectivity index (χ1) is 15.3. The molecular weight excluding hydrogens is 408 g/mol. The Labute approximate surface area is 183 Å². The molecule has 3 aromatic heterocycles. The number of aromatic amines is 1. The third kappa shape index (κ3) is 3.20. The van der Waals surface area contributed by atoms with Gasteiger partial charge in [0, 0.05) is 22.6 Å². The highest BCUT2D eigenvalue weighted by Gasteiger charge is 2.22. The van der Waals surface area contributed by atoms with Crippen molar-refractivity contribution in [3.8, 4) is 22.5 Å². The molecule has 0 saturated heterocycles. The van der Waals surface area contributed by atoms with E-state index in [-0.39, 0.29) is 0 Å². The lowest BCUT2D eigenvalue weighted by Gasteiger charge is -2.27. The predicted octanol–water partition coefficient (Wildman–Crippen LogP) is 5.85. The SMILES string of the molecule is Clc1cc2ccc(-c3ccccc3)nc2cc1-c1n[nH]c2ncnc(NC3CCC3)c12. The average molecular weight is 427 g/mol. The first-order valence-corrected chi connectivity index (χ1v) is 10.8. The largest absolute Gasteiger partial charge is 0.367 e. The molecule has 3 heterocycles. The number of hydrogen-bond donors (Lipinski definition) is 2. The Hall–Kier alpha value is -3.51. The molecule has 31 heavy (non-hydrogen) atoms. The zero-order chi connectivity index (χ0) is 20.8. The van der Waals surface area contributed by atoms with E-state index in [2.05, 4.69) is 43.7 Å². The summed E-state index contributed by atoms with van der Waals surface area (Å²) < 4.78 is 0. The Morgan fingerprint density at radius 3 is 2.68 bits per heavy atom. The molecule has 1 fully saturated rings. The summed E-state index contributed by atoms with van der Waals surface area (Å²) in [6.45, 7) is 0. The lowest BCUT2D eigenvalue weighted by molar-refractivity contribution is 0.445. The molecule has 152 valence electrons. The van der Waals surface area contributed by atoms with Crippen LogP contribution in [0.1, 0.15) is 19.3 Å². The van der Waals surface area contributed by atoms with E-state index in [0.717, 1.165) is 57.5 Å². The Kier molecular flexibility index (Phi) is 4.32. The van der Waals surface area contributed by atoms with Gasteiger partial charge in [-0.3, -0.25) is 5.10 Å². The molecule has 0 unspecified atom stereocenters. The summed E-state index contributed by atoms with van der Waals surface area (Å²) in [5.41, 5.74) is 5.09. The zero-order valence-electron chi connectivity index (χ0n) is 16.6. The van der Waals surface area contributed by atoms with E-state index >= 15 is 0 Å². The fourth-order valence-electron chi connectivity index (χ4n) is 4.00. The lowest BCUT2D eigenvalue weighted by atomic mass is 9.93. The summed E-state index contributed by atoms with van der Waals surface area (Å²) in [7, 11) is 0. The van der Waals surface area contributed by atoms with Crippen LogP contribution in [0.2, 0.25) is 5.02 Å². The van der Waals surface area contributed by atoms with Crippen molar-refractivity contribution >= 4 is 39.4 Å². The second-order valence-corrected chi connectivity index (χ2v) is 8.28. The number of anilines is 1. The molecule has 1 saturated carbocycles. The van der Waals surface area contributed by atoms with Gasteiger partial charge in [0.2, 0.25) is 0 Å². The number of benzene rings is 2. The molecule has 0 spiro atoms. The molecule has 0 aliphatic heterocycles. The minimum atomic E-state index is 0.447. The third-order valence-corrected chi connectivity index (χ3v) is 6.22. The highest BCUT2D eigenvalue weighted by atomic mass is 35.5. The second-order valence-electron chi connectivity index (χ2n) is 7.88. The van der Waals surface area contributed by atoms with Gasteiger partial charge in [0.05, 0.1) is 21.6 Å². The summed E-state index contributed by atoms with van der Waals surface area (Å²) in [5, 5.41) is 13.6. The van der Waals surface area contributed by atoms with E-state index in [1.165, 1.54) is 6.42 Å². The number of nitrogens with zero attached hydrogens (tertiary/aromatic N) is 4. The third-order valence-electron chi connectivity index (χ3n) is 5.91. The quantitative estimate of drug-likeness (QED) is 0.376. The van der Waals surface area contributed by atoms with Crippen LogP contribution in [0.4, 0.5) is 5.82 Å². The number of nitrogens with one attached hydrogen (secondary N) is 2. The van der Waals surface area contributed by atoms with Crippen LogP contribution in [0, 0.1) is 0 Å². The van der Waals surface area contributed by atoms with Crippen LogP contribution in [-0.2, 0) is 0 Å². The highest BCUT2D eigenvalue weighted by molar-refractivity contribution is 6.34. The van der Waals surface area contributed by atoms with Crippen molar-refractivity contribution in [2.45, 2.75) is 25.3 Å². The fraction of sp³-hybridized carbons (Fsp3) is 0.167. The minimum Gasteiger partial charge on any atom is -0.367 e. The van der Waals surface area contributed by atoms with Gasteiger partial charge in [-0.25, -0.2) is 15.0 Å². The second kappa shape index (κ2) is 7.32. The van der Waals surface area contributed by atoms with Crippen LogP contribution < -0.4 is 5.32 Å². The number of rotatable bonds is 4. The van der Waals surface area contributed by atoms with Crippen LogP contribution in [-0.4, -0.2) is 31.2 Å². The van der Waals surface area contributed by atoms with E-state index < -0.39 is 0 Å². The molecule has 6 nitrogen and oxygen atoms in total. The maximum absolute atomic E-state index is 6.71. The van der Waals surface area contributed by atoms with E-state index in [4.69, 9.17) is 16.6 Å². The van der Waals surface area contributed by atoms with E-state index in [0.29, 0.717) is 16.7 Å². The van der Waals surface area contributed by atoms with Crippen molar-refractivity contribution in [1.29, 1.82) is 0 Å². The zero-order valence-corrected chi connectivity index (χ0v) is 17.4.